The molecule has 8 heteroatoms. The Balaban J connectivity index is 2.48. The first-order valence-electron chi connectivity index (χ1n) is 6.36. The second-order valence-corrected chi connectivity index (χ2v) is 4.23. The van der Waals surface area contributed by atoms with Gasteiger partial charge in [-0.05, 0) is 31.5 Å². The largest absolute Gasteiger partial charge is 0.370 e. The molecule has 0 atom stereocenters. The highest BCUT2D eigenvalue weighted by molar-refractivity contribution is 6.02. The molecular formula is C12H20N6O2. The van der Waals surface area contributed by atoms with Crippen molar-refractivity contribution in [1.82, 2.24) is 10.3 Å². The molecule has 0 unspecified atom stereocenters. The quantitative estimate of drug-likeness (QED) is 0.254. The van der Waals surface area contributed by atoms with E-state index in [4.69, 9.17) is 17.2 Å². The SMILES string of the molecule is NCCCCCNC(=O)c1ccc(C(=O)N=C(N)N)[nH]1. The van der Waals surface area contributed by atoms with E-state index in [9.17, 15) is 9.59 Å². The zero-order valence-electron chi connectivity index (χ0n) is 11.2. The highest BCUT2D eigenvalue weighted by Crippen LogP contribution is 2.04. The molecule has 20 heavy (non-hydrogen) atoms. The highest BCUT2D eigenvalue weighted by atomic mass is 16.2. The summed E-state index contributed by atoms with van der Waals surface area (Å²) in [6.45, 7) is 1.22. The molecule has 8 nitrogen and oxygen atoms in total. The topological polar surface area (TPSA) is 152 Å². The predicted octanol–water partition coefficient (Wildman–Crippen LogP) is -0.713. The molecule has 0 spiro atoms. The predicted molar refractivity (Wildman–Crippen MR) is 76.2 cm³/mol. The molecule has 0 aliphatic carbocycles. The van der Waals surface area contributed by atoms with Crippen molar-refractivity contribution >= 4 is 17.8 Å². The number of hydrogen-bond donors (Lipinski definition) is 5. The van der Waals surface area contributed by atoms with Gasteiger partial charge >= 0.3 is 0 Å². The van der Waals surface area contributed by atoms with E-state index in [1.165, 1.54) is 12.1 Å². The normalized spacial score (nSPS) is 10.1. The van der Waals surface area contributed by atoms with Gasteiger partial charge in [0, 0.05) is 6.54 Å². The van der Waals surface area contributed by atoms with Crippen molar-refractivity contribution in [2.24, 2.45) is 22.2 Å². The first-order valence-corrected chi connectivity index (χ1v) is 6.36. The number of carbonyl (C=O) groups excluding carboxylic acids is 2. The minimum atomic E-state index is -0.619. The van der Waals surface area contributed by atoms with Crippen molar-refractivity contribution in [3.05, 3.63) is 23.5 Å². The molecule has 0 saturated carbocycles. The minimum Gasteiger partial charge on any atom is -0.370 e. The van der Waals surface area contributed by atoms with E-state index in [-0.39, 0.29) is 23.3 Å². The summed E-state index contributed by atoms with van der Waals surface area (Å²) >= 11 is 0. The number of rotatable bonds is 7. The summed E-state index contributed by atoms with van der Waals surface area (Å²) in [5.74, 6) is -1.22. The van der Waals surface area contributed by atoms with Crippen LogP contribution < -0.4 is 22.5 Å². The maximum atomic E-state index is 11.8. The molecule has 0 fully saturated rings. The molecule has 8 N–H and O–H groups in total. The fraction of sp³-hybridized carbons (Fsp3) is 0.417. The van der Waals surface area contributed by atoms with Gasteiger partial charge in [-0.3, -0.25) is 9.59 Å². The van der Waals surface area contributed by atoms with Crippen molar-refractivity contribution in [1.29, 1.82) is 0 Å². The number of amides is 2. The standard InChI is InChI=1S/C12H20N6O2/c13-6-2-1-3-7-16-10(19)8-4-5-9(17-8)11(20)18-12(14)15/h4-5,17H,1-3,6-7,13H2,(H,16,19)(H4,14,15,18,20). The number of aliphatic imine (C=N–C) groups is 1. The van der Waals surface area contributed by atoms with Gasteiger partial charge in [0.2, 0.25) is 0 Å². The first kappa shape index (κ1) is 15.7. The Bertz CT molecular complexity index is 490. The maximum absolute atomic E-state index is 11.8. The number of aromatic amines is 1. The second kappa shape index (κ2) is 7.95. The lowest BCUT2D eigenvalue weighted by atomic mass is 10.2. The number of carbonyl (C=O) groups is 2. The van der Waals surface area contributed by atoms with Crippen LogP contribution in [-0.4, -0.2) is 35.8 Å². The summed E-state index contributed by atoms with van der Waals surface area (Å²) in [7, 11) is 0. The van der Waals surface area contributed by atoms with Crippen molar-refractivity contribution in [3.63, 3.8) is 0 Å². The Morgan fingerprint density at radius 3 is 2.50 bits per heavy atom. The Hall–Kier alpha value is -2.35. The summed E-state index contributed by atoms with van der Waals surface area (Å²) in [6.07, 6.45) is 2.77. The number of nitrogens with one attached hydrogen (secondary N) is 2. The zero-order valence-corrected chi connectivity index (χ0v) is 11.2. The Kier molecular flexibility index (Phi) is 6.24. The highest BCUT2D eigenvalue weighted by Gasteiger charge is 2.12. The van der Waals surface area contributed by atoms with Gasteiger partial charge in [-0.15, -0.1) is 0 Å². The van der Waals surface area contributed by atoms with Gasteiger partial charge in [0.05, 0.1) is 0 Å². The third kappa shape index (κ3) is 5.11. The van der Waals surface area contributed by atoms with Gasteiger partial charge in [-0.1, -0.05) is 6.42 Å². The lowest BCUT2D eigenvalue weighted by Crippen LogP contribution is -2.25. The van der Waals surface area contributed by atoms with E-state index >= 15 is 0 Å². The molecular weight excluding hydrogens is 260 g/mol. The van der Waals surface area contributed by atoms with E-state index in [1.807, 2.05) is 0 Å². The fourth-order valence-corrected chi connectivity index (χ4v) is 1.57. The van der Waals surface area contributed by atoms with E-state index in [1.54, 1.807) is 0 Å². The third-order valence-corrected chi connectivity index (χ3v) is 2.56. The van der Waals surface area contributed by atoms with Crippen LogP contribution >= 0.6 is 0 Å². The Morgan fingerprint density at radius 2 is 1.85 bits per heavy atom. The average molecular weight is 280 g/mol. The smallest absolute Gasteiger partial charge is 0.296 e. The maximum Gasteiger partial charge on any atom is 0.296 e. The molecule has 0 aliphatic heterocycles. The molecule has 110 valence electrons. The van der Waals surface area contributed by atoms with Gasteiger partial charge in [0.1, 0.15) is 11.4 Å². The number of aromatic nitrogens is 1. The van der Waals surface area contributed by atoms with E-state index in [2.05, 4.69) is 15.3 Å². The Labute approximate surface area is 116 Å². The lowest BCUT2D eigenvalue weighted by Gasteiger charge is -2.03. The monoisotopic (exact) mass is 280 g/mol. The van der Waals surface area contributed by atoms with Crippen LogP contribution in [-0.2, 0) is 0 Å². The zero-order chi connectivity index (χ0) is 15.0. The fourth-order valence-electron chi connectivity index (χ4n) is 1.57. The molecule has 0 saturated heterocycles. The van der Waals surface area contributed by atoms with Crippen molar-refractivity contribution in [2.75, 3.05) is 13.1 Å². The van der Waals surface area contributed by atoms with Crippen LogP contribution in [0.25, 0.3) is 0 Å². The summed E-state index contributed by atoms with van der Waals surface area (Å²) in [5.41, 5.74) is 16.0. The summed E-state index contributed by atoms with van der Waals surface area (Å²) in [4.78, 5) is 29.3. The average Bonchev–Trinajstić information content (AvgIpc) is 2.87. The van der Waals surface area contributed by atoms with Crippen LogP contribution in [0.1, 0.15) is 40.2 Å². The minimum absolute atomic E-state index is 0.159. The van der Waals surface area contributed by atoms with Gasteiger partial charge in [-0.2, -0.15) is 4.99 Å². The molecule has 1 rings (SSSR count). The molecule has 0 aliphatic rings. The van der Waals surface area contributed by atoms with Crippen LogP contribution in [0.5, 0.6) is 0 Å². The number of hydrogen-bond acceptors (Lipinski definition) is 3. The molecule has 0 bridgehead atoms. The van der Waals surface area contributed by atoms with E-state index in [0.717, 1.165) is 19.3 Å². The van der Waals surface area contributed by atoms with Crippen LogP contribution in [0.15, 0.2) is 17.1 Å². The molecule has 1 aromatic heterocycles. The van der Waals surface area contributed by atoms with Gasteiger partial charge in [0.25, 0.3) is 11.8 Å². The van der Waals surface area contributed by atoms with Crippen molar-refractivity contribution < 1.29 is 9.59 Å². The van der Waals surface area contributed by atoms with Crippen molar-refractivity contribution in [2.45, 2.75) is 19.3 Å². The number of nitrogens with two attached hydrogens (primary N) is 3. The number of guanidine groups is 1. The summed E-state index contributed by atoms with van der Waals surface area (Å²) in [5, 5.41) is 2.74. The van der Waals surface area contributed by atoms with Gasteiger partial charge in [0.15, 0.2) is 5.96 Å². The second-order valence-electron chi connectivity index (χ2n) is 4.23. The first-order chi connectivity index (χ1) is 9.54. The molecule has 2 amide bonds. The molecule has 0 aromatic carbocycles. The van der Waals surface area contributed by atoms with Gasteiger partial charge in [-0.25, -0.2) is 0 Å². The molecule has 1 aromatic rings. The van der Waals surface area contributed by atoms with Crippen LogP contribution in [0, 0.1) is 0 Å². The summed E-state index contributed by atoms with van der Waals surface area (Å²) in [6, 6.07) is 2.96. The molecule has 0 radical (unpaired) electrons. The van der Waals surface area contributed by atoms with E-state index in [0.29, 0.717) is 13.1 Å². The van der Waals surface area contributed by atoms with Crippen molar-refractivity contribution in [3.8, 4) is 0 Å². The summed E-state index contributed by atoms with van der Waals surface area (Å²) < 4.78 is 0. The number of nitrogens with zero attached hydrogens (tertiary/aromatic N) is 1. The number of unbranched alkanes of at least 4 members (excludes halogenated alkanes) is 2. The van der Waals surface area contributed by atoms with Crippen LogP contribution in [0.4, 0.5) is 0 Å². The van der Waals surface area contributed by atoms with Crippen LogP contribution in [0.2, 0.25) is 0 Å². The lowest BCUT2D eigenvalue weighted by molar-refractivity contribution is 0.0948. The third-order valence-electron chi connectivity index (χ3n) is 2.56. The van der Waals surface area contributed by atoms with Crippen LogP contribution in [0.3, 0.4) is 0 Å². The Morgan fingerprint density at radius 1 is 1.15 bits per heavy atom. The van der Waals surface area contributed by atoms with Gasteiger partial charge < -0.3 is 27.5 Å². The van der Waals surface area contributed by atoms with E-state index < -0.39 is 5.91 Å². The number of H-pyrrole nitrogens is 1. The molecule has 1 heterocycles.